The van der Waals surface area contributed by atoms with Crippen LogP contribution in [-0.2, 0) is 0 Å². The number of aryl methyl sites for hydroxylation is 1. The van der Waals surface area contributed by atoms with Gasteiger partial charge in [-0.05, 0) is 43.3 Å². The molecule has 1 aliphatic rings. The molecule has 29 heavy (non-hydrogen) atoms. The van der Waals surface area contributed by atoms with Gasteiger partial charge in [-0.3, -0.25) is 14.7 Å². The number of hydrogen-bond donors (Lipinski definition) is 1. The van der Waals surface area contributed by atoms with E-state index in [1.165, 1.54) is 5.69 Å². The summed E-state index contributed by atoms with van der Waals surface area (Å²) in [7, 11) is 0. The van der Waals surface area contributed by atoms with E-state index < -0.39 is 0 Å². The molecule has 0 unspecified atom stereocenters. The Labute approximate surface area is 176 Å². The van der Waals surface area contributed by atoms with Crippen LogP contribution in [0.5, 0.6) is 0 Å². The fourth-order valence-corrected chi connectivity index (χ4v) is 3.95. The lowest BCUT2D eigenvalue weighted by atomic mass is 10.1. The quantitative estimate of drug-likeness (QED) is 0.698. The first-order chi connectivity index (χ1) is 14.1. The third kappa shape index (κ3) is 4.69. The Morgan fingerprint density at radius 3 is 2.59 bits per heavy atom. The van der Waals surface area contributed by atoms with E-state index in [9.17, 15) is 4.79 Å². The number of aromatic nitrogens is 1. The van der Waals surface area contributed by atoms with E-state index in [-0.39, 0.29) is 5.91 Å². The van der Waals surface area contributed by atoms with Gasteiger partial charge in [0.15, 0.2) is 0 Å². The van der Waals surface area contributed by atoms with Crippen molar-refractivity contribution in [2.75, 3.05) is 44.2 Å². The van der Waals surface area contributed by atoms with E-state index in [0.29, 0.717) is 17.1 Å². The molecule has 2 heterocycles. The van der Waals surface area contributed by atoms with Crippen molar-refractivity contribution in [3.8, 4) is 0 Å². The largest absolute Gasteiger partial charge is 0.369 e. The van der Waals surface area contributed by atoms with Crippen LogP contribution in [0.15, 0.2) is 54.6 Å². The second kappa shape index (κ2) is 8.80. The molecule has 150 valence electrons. The fourth-order valence-electron chi connectivity index (χ4n) is 3.76. The van der Waals surface area contributed by atoms with Gasteiger partial charge in [-0.25, -0.2) is 0 Å². The summed E-state index contributed by atoms with van der Waals surface area (Å²) in [4.78, 5) is 22.0. The first-order valence-electron chi connectivity index (χ1n) is 9.97. The molecule has 5 nitrogen and oxygen atoms in total. The molecular weight excluding hydrogens is 384 g/mol. The SMILES string of the molecule is Cc1nc2ccc(Cl)cc2cc1C(=O)NCCN1CCN(c2ccccc2)CC1. The van der Waals surface area contributed by atoms with Crippen LogP contribution in [-0.4, -0.2) is 55.1 Å². The van der Waals surface area contributed by atoms with Crippen molar-refractivity contribution in [3.63, 3.8) is 0 Å². The molecular formula is C23H25ClN4O. The minimum atomic E-state index is -0.0835. The van der Waals surface area contributed by atoms with Crippen LogP contribution in [0.4, 0.5) is 5.69 Å². The molecule has 2 aromatic carbocycles. The predicted octanol–water partition coefficient (Wildman–Crippen LogP) is 3.75. The predicted molar refractivity (Wildman–Crippen MR) is 119 cm³/mol. The Hall–Kier alpha value is -2.63. The average molecular weight is 409 g/mol. The van der Waals surface area contributed by atoms with Crippen molar-refractivity contribution >= 4 is 34.1 Å². The average Bonchev–Trinajstić information content (AvgIpc) is 2.74. The minimum Gasteiger partial charge on any atom is -0.369 e. The van der Waals surface area contributed by atoms with Gasteiger partial charge in [0.05, 0.1) is 16.8 Å². The summed E-state index contributed by atoms with van der Waals surface area (Å²) in [5.41, 5.74) is 3.46. The molecule has 1 aromatic heterocycles. The molecule has 1 aliphatic heterocycles. The van der Waals surface area contributed by atoms with E-state index in [2.05, 4.69) is 44.4 Å². The highest BCUT2D eigenvalue weighted by atomic mass is 35.5. The molecule has 0 saturated carbocycles. The number of carbonyl (C=O) groups excluding carboxylic acids is 1. The lowest BCUT2D eigenvalue weighted by Gasteiger charge is -2.36. The van der Waals surface area contributed by atoms with Crippen molar-refractivity contribution in [2.24, 2.45) is 0 Å². The number of para-hydroxylation sites is 1. The molecule has 0 spiro atoms. The molecule has 6 heteroatoms. The maximum atomic E-state index is 12.7. The van der Waals surface area contributed by atoms with Crippen molar-refractivity contribution in [1.82, 2.24) is 15.2 Å². The first-order valence-corrected chi connectivity index (χ1v) is 10.4. The highest BCUT2D eigenvalue weighted by Crippen LogP contribution is 2.21. The lowest BCUT2D eigenvalue weighted by Crippen LogP contribution is -2.48. The zero-order valence-corrected chi connectivity index (χ0v) is 17.3. The van der Waals surface area contributed by atoms with Gasteiger partial charge in [0.25, 0.3) is 5.91 Å². The van der Waals surface area contributed by atoms with Gasteiger partial charge >= 0.3 is 0 Å². The van der Waals surface area contributed by atoms with Gasteiger partial charge in [0.2, 0.25) is 0 Å². The van der Waals surface area contributed by atoms with Gasteiger partial charge in [-0.2, -0.15) is 0 Å². The molecule has 0 radical (unpaired) electrons. The van der Waals surface area contributed by atoms with Crippen molar-refractivity contribution in [3.05, 3.63) is 70.9 Å². The van der Waals surface area contributed by atoms with Gasteiger partial charge in [-0.15, -0.1) is 0 Å². The number of pyridine rings is 1. The number of rotatable bonds is 5. The smallest absolute Gasteiger partial charge is 0.253 e. The monoisotopic (exact) mass is 408 g/mol. The van der Waals surface area contributed by atoms with Crippen LogP contribution in [0.1, 0.15) is 16.1 Å². The van der Waals surface area contributed by atoms with E-state index in [0.717, 1.165) is 49.3 Å². The van der Waals surface area contributed by atoms with Crippen LogP contribution in [0, 0.1) is 6.92 Å². The fraction of sp³-hybridized carbons (Fsp3) is 0.304. The lowest BCUT2D eigenvalue weighted by molar-refractivity contribution is 0.0947. The van der Waals surface area contributed by atoms with Crippen LogP contribution in [0.25, 0.3) is 10.9 Å². The summed E-state index contributed by atoms with van der Waals surface area (Å²) >= 11 is 6.07. The zero-order chi connectivity index (χ0) is 20.2. The maximum Gasteiger partial charge on any atom is 0.253 e. The minimum absolute atomic E-state index is 0.0835. The van der Waals surface area contributed by atoms with E-state index in [4.69, 9.17) is 11.6 Å². The summed E-state index contributed by atoms with van der Waals surface area (Å²) in [6.07, 6.45) is 0. The van der Waals surface area contributed by atoms with E-state index in [1.807, 2.05) is 37.3 Å². The maximum absolute atomic E-state index is 12.7. The molecule has 0 atom stereocenters. The topological polar surface area (TPSA) is 48.5 Å². The van der Waals surface area contributed by atoms with Gasteiger partial charge in [-0.1, -0.05) is 29.8 Å². The summed E-state index contributed by atoms with van der Waals surface area (Å²) in [5.74, 6) is -0.0835. The summed E-state index contributed by atoms with van der Waals surface area (Å²) in [6, 6.07) is 17.9. The van der Waals surface area contributed by atoms with Crippen LogP contribution >= 0.6 is 11.6 Å². The van der Waals surface area contributed by atoms with Gasteiger partial charge in [0, 0.05) is 55.4 Å². The zero-order valence-electron chi connectivity index (χ0n) is 16.6. The number of carbonyl (C=O) groups is 1. The normalized spacial score (nSPS) is 14.9. The standard InChI is InChI=1S/C23H25ClN4O/c1-17-21(16-18-15-19(24)7-8-22(18)26-17)23(29)25-9-10-27-11-13-28(14-12-27)20-5-3-2-4-6-20/h2-8,15-16H,9-14H2,1H3,(H,25,29). The first kappa shape index (κ1) is 19.7. The van der Waals surface area contributed by atoms with E-state index >= 15 is 0 Å². The Bertz CT molecular complexity index is 1000. The Morgan fingerprint density at radius 2 is 1.83 bits per heavy atom. The number of hydrogen-bond acceptors (Lipinski definition) is 4. The summed E-state index contributed by atoms with van der Waals surface area (Å²) in [5, 5.41) is 4.56. The number of piperazine rings is 1. The second-order valence-electron chi connectivity index (χ2n) is 7.38. The molecule has 0 bridgehead atoms. The molecule has 1 N–H and O–H groups in total. The van der Waals surface area contributed by atoms with Gasteiger partial charge in [0.1, 0.15) is 0 Å². The third-order valence-corrected chi connectivity index (χ3v) is 5.65. The molecule has 1 saturated heterocycles. The van der Waals surface area contributed by atoms with E-state index in [1.54, 1.807) is 0 Å². The molecule has 4 rings (SSSR count). The second-order valence-corrected chi connectivity index (χ2v) is 7.81. The highest BCUT2D eigenvalue weighted by molar-refractivity contribution is 6.31. The Morgan fingerprint density at radius 1 is 1.07 bits per heavy atom. The number of anilines is 1. The molecule has 1 fully saturated rings. The Kier molecular flexibility index (Phi) is 5.97. The number of fused-ring (bicyclic) bond motifs is 1. The van der Waals surface area contributed by atoms with Crippen LogP contribution < -0.4 is 10.2 Å². The number of amides is 1. The number of nitrogens with zero attached hydrogens (tertiary/aromatic N) is 3. The van der Waals surface area contributed by atoms with Crippen LogP contribution in [0.3, 0.4) is 0 Å². The van der Waals surface area contributed by atoms with Crippen molar-refractivity contribution in [2.45, 2.75) is 6.92 Å². The summed E-state index contributed by atoms with van der Waals surface area (Å²) in [6.45, 7) is 7.35. The Balaban J connectivity index is 1.29. The highest BCUT2D eigenvalue weighted by Gasteiger charge is 2.17. The van der Waals surface area contributed by atoms with Crippen molar-refractivity contribution < 1.29 is 4.79 Å². The molecule has 3 aromatic rings. The number of halogens is 1. The number of nitrogens with one attached hydrogen (secondary N) is 1. The van der Waals surface area contributed by atoms with Crippen LogP contribution in [0.2, 0.25) is 5.02 Å². The van der Waals surface area contributed by atoms with Crippen molar-refractivity contribution in [1.29, 1.82) is 0 Å². The molecule has 1 amide bonds. The summed E-state index contributed by atoms with van der Waals surface area (Å²) < 4.78 is 0. The number of benzene rings is 2. The van der Waals surface area contributed by atoms with Gasteiger partial charge < -0.3 is 10.2 Å². The molecule has 0 aliphatic carbocycles. The third-order valence-electron chi connectivity index (χ3n) is 5.42.